The predicted octanol–water partition coefficient (Wildman–Crippen LogP) is 3.76. The van der Waals surface area contributed by atoms with Gasteiger partial charge in [-0.3, -0.25) is 0 Å². The molecule has 0 saturated carbocycles. The molecule has 5 rings (SSSR count). The van der Waals surface area contributed by atoms with Gasteiger partial charge in [0.2, 0.25) is 0 Å². The van der Waals surface area contributed by atoms with Crippen molar-refractivity contribution in [3.8, 4) is 0 Å². The van der Waals surface area contributed by atoms with E-state index in [1.807, 2.05) is 73.3 Å². The van der Waals surface area contributed by atoms with Gasteiger partial charge < -0.3 is 13.2 Å². The highest BCUT2D eigenvalue weighted by Crippen LogP contribution is 2.32. The Morgan fingerprint density at radius 1 is 0.750 bits per heavy atom. The summed E-state index contributed by atoms with van der Waals surface area (Å²) < 4.78 is 9.94. The largest absolute Gasteiger partial charge is 0.468 e. The van der Waals surface area contributed by atoms with Crippen molar-refractivity contribution in [3.05, 3.63) is 96.7 Å². The first-order valence-corrected chi connectivity index (χ1v) is 7.79. The van der Waals surface area contributed by atoms with E-state index in [4.69, 9.17) is 4.42 Å². The number of fused-ring (bicyclic) bond motifs is 2. The molecule has 5 nitrogen and oxygen atoms in total. The second-order valence-electron chi connectivity index (χ2n) is 5.67. The molecular weight excluding hydrogens is 300 g/mol. The minimum atomic E-state index is -0.0881. The van der Waals surface area contributed by atoms with Gasteiger partial charge in [-0.15, -0.1) is 0 Å². The summed E-state index contributed by atoms with van der Waals surface area (Å²) >= 11 is 0. The summed E-state index contributed by atoms with van der Waals surface area (Å²) in [6.07, 6.45) is 9.57. The van der Waals surface area contributed by atoms with Crippen LogP contribution < -0.4 is 0 Å². The smallest absolute Gasteiger partial charge is 0.136 e. The third-order valence-electron chi connectivity index (χ3n) is 4.31. The lowest BCUT2D eigenvalue weighted by molar-refractivity contribution is 0.496. The van der Waals surface area contributed by atoms with E-state index in [0.29, 0.717) is 0 Å². The van der Waals surface area contributed by atoms with E-state index in [2.05, 4.69) is 18.8 Å². The third-order valence-corrected chi connectivity index (χ3v) is 4.31. The van der Waals surface area contributed by atoms with E-state index in [1.54, 1.807) is 6.26 Å². The number of nitrogens with zero attached hydrogens (tertiary/aromatic N) is 4. The molecule has 0 aromatic carbocycles. The fourth-order valence-electron chi connectivity index (χ4n) is 3.23. The summed E-state index contributed by atoms with van der Waals surface area (Å²) in [4.78, 5) is 9.06. The molecule has 0 N–H and O–H groups in total. The van der Waals surface area contributed by atoms with E-state index >= 15 is 0 Å². The minimum absolute atomic E-state index is 0.0881. The number of imidazole rings is 2. The molecule has 0 aliphatic rings. The molecule has 5 heterocycles. The maximum atomic E-state index is 5.76. The average molecular weight is 314 g/mol. The van der Waals surface area contributed by atoms with Gasteiger partial charge in [-0.2, -0.15) is 0 Å². The average Bonchev–Trinajstić information content (AvgIpc) is 3.36. The number of hydrogen-bond acceptors (Lipinski definition) is 3. The molecule has 0 unspecified atom stereocenters. The lowest BCUT2D eigenvalue weighted by Gasteiger charge is -2.14. The molecule has 0 saturated heterocycles. The monoisotopic (exact) mass is 314 g/mol. The molecule has 0 fully saturated rings. The Bertz CT molecular complexity index is 1050. The standard InChI is InChI=1S/C19H14N4O/c1-3-9-22-14(12-20-17(22)7-1)19(16-6-5-11-24-16)15-13-21-18-8-2-4-10-23(15)18/h1-13,19H. The fourth-order valence-corrected chi connectivity index (χ4v) is 3.23. The molecule has 0 spiro atoms. The molecule has 5 aromatic rings. The van der Waals surface area contributed by atoms with Gasteiger partial charge in [-0.05, 0) is 36.4 Å². The second kappa shape index (κ2) is 5.09. The first-order valence-electron chi connectivity index (χ1n) is 7.79. The summed E-state index contributed by atoms with van der Waals surface area (Å²) in [5.74, 6) is 0.779. The first kappa shape index (κ1) is 13.1. The van der Waals surface area contributed by atoms with E-state index in [1.165, 1.54) is 0 Å². The molecule has 0 aliphatic carbocycles. The predicted molar refractivity (Wildman–Crippen MR) is 90.0 cm³/mol. The van der Waals surface area contributed by atoms with Crippen LogP contribution in [0.4, 0.5) is 0 Å². The van der Waals surface area contributed by atoms with Crippen LogP contribution >= 0.6 is 0 Å². The van der Waals surface area contributed by atoms with Crippen LogP contribution in [0.5, 0.6) is 0 Å². The molecule has 116 valence electrons. The molecule has 5 heteroatoms. The number of rotatable bonds is 3. The molecular formula is C19H14N4O. The van der Waals surface area contributed by atoms with E-state index < -0.39 is 0 Å². The molecule has 0 atom stereocenters. The van der Waals surface area contributed by atoms with Crippen LogP contribution in [-0.2, 0) is 0 Å². The van der Waals surface area contributed by atoms with Crippen molar-refractivity contribution >= 4 is 11.3 Å². The van der Waals surface area contributed by atoms with Gasteiger partial charge in [0, 0.05) is 12.4 Å². The van der Waals surface area contributed by atoms with Crippen LogP contribution in [0.2, 0.25) is 0 Å². The number of furan rings is 1. The van der Waals surface area contributed by atoms with Crippen molar-refractivity contribution in [3.63, 3.8) is 0 Å². The van der Waals surface area contributed by atoms with Crippen molar-refractivity contribution in [2.24, 2.45) is 0 Å². The van der Waals surface area contributed by atoms with Crippen molar-refractivity contribution in [1.82, 2.24) is 18.8 Å². The van der Waals surface area contributed by atoms with Crippen LogP contribution in [0.1, 0.15) is 23.1 Å². The molecule has 0 radical (unpaired) electrons. The van der Waals surface area contributed by atoms with Crippen LogP contribution in [0.15, 0.2) is 84.0 Å². The van der Waals surface area contributed by atoms with E-state index in [9.17, 15) is 0 Å². The number of pyridine rings is 2. The second-order valence-corrected chi connectivity index (χ2v) is 5.67. The maximum Gasteiger partial charge on any atom is 0.136 e. The molecule has 0 aliphatic heterocycles. The van der Waals surface area contributed by atoms with Gasteiger partial charge in [0.25, 0.3) is 0 Å². The highest BCUT2D eigenvalue weighted by atomic mass is 16.3. The third kappa shape index (κ3) is 1.88. The quantitative estimate of drug-likeness (QED) is 0.509. The number of hydrogen-bond donors (Lipinski definition) is 0. The van der Waals surface area contributed by atoms with Crippen molar-refractivity contribution < 1.29 is 4.42 Å². The summed E-state index contributed by atoms with van der Waals surface area (Å²) in [6, 6.07) is 15.9. The maximum absolute atomic E-state index is 5.76. The minimum Gasteiger partial charge on any atom is -0.468 e. The zero-order chi connectivity index (χ0) is 15.9. The van der Waals surface area contributed by atoms with Gasteiger partial charge in [-0.25, -0.2) is 9.97 Å². The molecule has 0 amide bonds. The van der Waals surface area contributed by atoms with Crippen LogP contribution in [0.3, 0.4) is 0 Å². The topological polar surface area (TPSA) is 47.7 Å². The van der Waals surface area contributed by atoms with E-state index in [-0.39, 0.29) is 5.92 Å². The summed E-state index contributed by atoms with van der Waals surface area (Å²) in [5.41, 5.74) is 3.92. The molecule has 24 heavy (non-hydrogen) atoms. The number of aromatic nitrogens is 4. The zero-order valence-corrected chi connectivity index (χ0v) is 12.8. The van der Waals surface area contributed by atoms with Crippen molar-refractivity contribution in [1.29, 1.82) is 0 Å². The zero-order valence-electron chi connectivity index (χ0n) is 12.8. The Kier molecular flexibility index (Phi) is 2.79. The van der Waals surface area contributed by atoms with Gasteiger partial charge in [0.1, 0.15) is 23.0 Å². The Hall–Kier alpha value is -3.34. The van der Waals surface area contributed by atoms with Crippen LogP contribution in [0.25, 0.3) is 11.3 Å². The van der Waals surface area contributed by atoms with Gasteiger partial charge in [0.05, 0.1) is 30.0 Å². The Morgan fingerprint density at radius 2 is 1.38 bits per heavy atom. The van der Waals surface area contributed by atoms with Crippen molar-refractivity contribution in [2.75, 3.05) is 0 Å². The molecule has 5 aromatic heterocycles. The SMILES string of the molecule is c1coc(C(c2cnc3ccccn23)c2cnc3ccccn23)c1. The van der Waals surface area contributed by atoms with Crippen molar-refractivity contribution in [2.45, 2.75) is 5.92 Å². The molecule has 0 bridgehead atoms. The van der Waals surface area contributed by atoms with Crippen LogP contribution in [-0.4, -0.2) is 18.8 Å². The Balaban J connectivity index is 1.80. The van der Waals surface area contributed by atoms with Crippen LogP contribution in [0, 0.1) is 0 Å². The first-order chi connectivity index (χ1) is 11.9. The van der Waals surface area contributed by atoms with Gasteiger partial charge in [-0.1, -0.05) is 12.1 Å². The fraction of sp³-hybridized carbons (Fsp3) is 0.0526. The summed E-state index contributed by atoms with van der Waals surface area (Å²) in [6.45, 7) is 0. The van der Waals surface area contributed by atoms with E-state index in [0.717, 1.165) is 28.4 Å². The summed E-state index contributed by atoms with van der Waals surface area (Å²) in [7, 11) is 0. The lowest BCUT2D eigenvalue weighted by atomic mass is 9.99. The van der Waals surface area contributed by atoms with Gasteiger partial charge in [0.15, 0.2) is 0 Å². The normalized spacial score (nSPS) is 11.7. The van der Waals surface area contributed by atoms with Gasteiger partial charge >= 0.3 is 0 Å². The summed E-state index contributed by atoms with van der Waals surface area (Å²) in [5, 5.41) is 0. The Morgan fingerprint density at radius 3 is 1.92 bits per heavy atom. The lowest BCUT2D eigenvalue weighted by Crippen LogP contribution is -2.08. The highest BCUT2D eigenvalue weighted by molar-refractivity contribution is 5.47. The Labute approximate surface area is 137 Å². The highest BCUT2D eigenvalue weighted by Gasteiger charge is 2.26.